The van der Waals surface area contributed by atoms with Gasteiger partial charge in [0.05, 0.1) is 0 Å². The second-order valence-electron chi connectivity index (χ2n) is 4.82. The van der Waals surface area contributed by atoms with E-state index in [4.69, 9.17) is 5.73 Å². The Balaban J connectivity index is 1.83. The zero-order chi connectivity index (χ0) is 14.5. The van der Waals surface area contributed by atoms with E-state index in [9.17, 15) is 9.59 Å². The van der Waals surface area contributed by atoms with Gasteiger partial charge in [-0.3, -0.25) is 4.79 Å². The van der Waals surface area contributed by atoms with E-state index in [0.717, 1.165) is 36.0 Å². The molecule has 108 valence electrons. The van der Waals surface area contributed by atoms with Gasteiger partial charge in [0.25, 0.3) is 0 Å². The summed E-state index contributed by atoms with van der Waals surface area (Å²) in [6.45, 7) is 1.27. The molecule has 6 heteroatoms. The van der Waals surface area contributed by atoms with E-state index in [1.54, 1.807) is 0 Å². The Kier molecular flexibility index (Phi) is 5.00. The lowest BCUT2D eigenvalue weighted by atomic mass is 10.2. The van der Waals surface area contributed by atoms with Gasteiger partial charge in [-0.1, -0.05) is 22.0 Å². The zero-order valence-electron chi connectivity index (χ0n) is 11.2. The van der Waals surface area contributed by atoms with Gasteiger partial charge in [0.1, 0.15) is 0 Å². The third-order valence-electron chi connectivity index (χ3n) is 3.36. The lowest BCUT2D eigenvalue weighted by Crippen LogP contribution is -2.31. The summed E-state index contributed by atoms with van der Waals surface area (Å²) in [6, 6.07) is 5.54. The number of primary amides is 1. The maximum absolute atomic E-state index is 12.2. The maximum atomic E-state index is 12.2. The van der Waals surface area contributed by atoms with Crippen LogP contribution < -0.4 is 16.0 Å². The van der Waals surface area contributed by atoms with Gasteiger partial charge in [-0.05, 0) is 37.0 Å². The van der Waals surface area contributed by atoms with Gasteiger partial charge >= 0.3 is 6.03 Å². The van der Waals surface area contributed by atoms with Crippen LogP contribution in [0.3, 0.4) is 0 Å². The molecular formula is C14H18BrN3O2. The molecule has 1 aromatic rings. The topological polar surface area (TPSA) is 75.4 Å². The van der Waals surface area contributed by atoms with Crippen LogP contribution in [-0.2, 0) is 11.2 Å². The molecule has 0 unspecified atom stereocenters. The average Bonchev–Trinajstić information content (AvgIpc) is 2.80. The third kappa shape index (κ3) is 3.72. The quantitative estimate of drug-likeness (QED) is 0.806. The summed E-state index contributed by atoms with van der Waals surface area (Å²) in [5.74, 6) is 0.140. The number of carbonyl (C=O) groups excluding carboxylic acids is 2. The van der Waals surface area contributed by atoms with E-state index < -0.39 is 6.03 Å². The molecule has 1 aliphatic rings. The molecule has 0 saturated heterocycles. The average molecular weight is 340 g/mol. The molecule has 0 spiro atoms. The van der Waals surface area contributed by atoms with Crippen molar-refractivity contribution < 1.29 is 9.59 Å². The van der Waals surface area contributed by atoms with Crippen LogP contribution in [0, 0.1) is 0 Å². The third-order valence-corrected chi connectivity index (χ3v) is 3.85. The number of unbranched alkanes of at least 4 members (excludes halogenated alkanes) is 1. The highest BCUT2D eigenvalue weighted by molar-refractivity contribution is 9.10. The van der Waals surface area contributed by atoms with Crippen molar-refractivity contribution in [1.82, 2.24) is 5.32 Å². The molecule has 1 heterocycles. The van der Waals surface area contributed by atoms with Crippen molar-refractivity contribution in [3.8, 4) is 0 Å². The summed E-state index contributed by atoms with van der Waals surface area (Å²) in [5, 5.41) is 2.52. The summed E-state index contributed by atoms with van der Waals surface area (Å²) in [5.41, 5.74) is 7.20. The SMILES string of the molecule is NC(=O)NCCCCC(=O)N1CCc2ccc(Br)cc21. The number of nitrogens with one attached hydrogen (secondary N) is 1. The highest BCUT2D eigenvalue weighted by Crippen LogP contribution is 2.31. The van der Waals surface area contributed by atoms with Crippen LogP contribution in [0.2, 0.25) is 0 Å². The summed E-state index contributed by atoms with van der Waals surface area (Å²) in [7, 11) is 0. The van der Waals surface area contributed by atoms with Crippen LogP contribution in [-0.4, -0.2) is 25.0 Å². The minimum absolute atomic E-state index is 0.140. The van der Waals surface area contributed by atoms with Crippen LogP contribution in [0.1, 0.15) is 24.8 Å². The van der Waals surface area contributed by atoms with E-state index in [1.165, 1.54) is 5.56 Å². The summed E-state index contributed by atoms with van der Waals surface area (Å²) >= 11 is 3.44. The molecule has 5 nitrogen and oxygen atoms in total. The first kappa shape index (κ1) is 14.8. The van der Waals surface area contributed by atoms with Gasteiger partial charge in [-0.2, -0.15) is 0 Å². The van der Waals surface area contributed by atoms with Crippen molar-refractivity contribution in [3.05, 3.63) is 28.2 Å². The van der Waals surface area contributed by atoms with Crippen LogP contribution in [0.25, 0.3) is 0 Å². The molecule has 2 rings (SSSR count). The van der Waals surface area contributed by atoms with Crippen LogP contribution in [0.5, 0.6) is 0 Å². The van der Waals surface area contributed by atoms with E-state index in [1.807, 2.05) is 17.0 Å². The Labute approximate surface area is 126 Å². The van der Waals surface area contributed by atoms with E-state index in [0.29, 0.717) is 13.0 Å². The number of halogens is 1. The molecular weight excluding hydrogens is 322 g/mol. The fraction of sp³-hybridized carbons (Fsp3) is 0.429. The molecule has 1 aliphatic heterocycles. The number of amides is 3. The first-order chi connectivity index (χ1) is 9.58. The van der Waals surface area contributed by atoms with Gasteiger partial charge in [-0.15, -0.1) is 0 Å². The number of urea groups is 1. The second-order valence-corrected chi connectivity index (χ2v) is 5.73. The predicted molar refractivity (Wildman–Crippen MR) is 81.6 cm³/mol. The first-order valence-corrected chi connectivity index (χ1v) is 7.49. The Morgan fingerprint density at radius 1 is 1.35 bits per heavy atom. The van der Waals surface area contributed by atoms with Crippen molar-refractivity contribution in [2.45, 2.75) is 25.7 Å². The molecule has 0 fully saturated rings. The van der Waals surface area contributed by atoms with E-state index in [-0.39, 0.29) is 5.91 Å². The second kappa shape index (κ2) is 6.74. The molecule has 3 N–H and O–H groups in total. The highest BCUT2D eigenvalue weighted by atomic mass is 79.9. The van der Waals surface area contributed by atoms with Crippen LogP contribution in [0.15, 0.2) is 22.7 Å². The molecule has 1 aromatic carbocycles. The molecule has 0 radical (unpaired) electrons. The van der Waals surface area contributed by atoms with Gasteiger partial charge in [-0.25, -0.2) is 4.79 Å². The molecule has 0 bridgehead atoms. The number of fused-ring (bicyclic) bond motifs is 1. The smallest absolute Gasteiger partial charge is 0.312 e. The number of nitrogens with two attached hydrogens (primary N) is 1. The normalized spacial score (nSPS) is 13.2. The van der Waals surface area contributed by atoms with Gasteiger partial charge in [0.15, 0.2) is 0 Å². The minimum Gasteiger partial charge on any atom is -0.352 e. The number of nitrogens with zero attached hydrogens (tertiary/aromatic N) is 1. The summed E-state index contributed by atoms with van der Waals surface area (Å²) in [6.07, 6.45) is 2.91. The molecule has 0 aromatic heterocycles. The lowest BCUT2D eigenvalue weighted by Gasteiger charge is -2.17. The Hall–Kier alpha value is -1.56. The van der Waals surface area contributed by atoms with Gasteiger partial charge in [0.2, 0.25) is 5.91 Å². The molecule has 0 atom stereocenters. The number of hydrogen-bond acceptors (Lipinski definition) is 2. The van der Waals surface area contributed by atoms with Crippen LogP contribution in [0.4, 0.5) is 10.5 Å². The van der Waals surface area contributed by atoms with Crippen molar-refractivity contribution >= 4 is 33.6 Å². The molecule has 3 amide bonds. The fourth-order valence-corrected chi connectivity index (χ4v) is 2.71. The Bertz CT molecular complexity index is 519. The summed E-state index contributed by atoms with van der Waals surface area (Å²) < 4.78 is 0.988. The van der Waals surface area contributed by atoms with E-state index in [2.05, 4.69) is 27.3 Å². The number of hydrogen-bond donors (Lipinski definition) is 2. The molecule has 0 saturated carbocycles. The van der Waals surface area contributed by atoms with E-state index >= 15 is 0 Å². The Morgan fingerprint density at radius 3 is 2.90 bits per heavy atom. The first-order valence-electron chi connectivity index (χ1n) is 6.70. The Morgan fingerprint density at radius 2 is 2.15 bits per heavy atom. The number of anilines is 1. The highest BCUT2D eigenvalue weighted by Gasteiger charge is 2.24. The predicted octanol–water partition coefficient (Wildman–Crippen LogP) is 2.18. The summed E-state index contributed by atoms with van der Waals surface area (Å²) in [4.78, 5) is 24.6. The fourth-order valence-electron chi connectivity index (χ4n) is 2.36. The van der Waals surface area contributed by atoms with Gasteiger partial charge < -0.3 is 16.0 Å². The van der Waals surface area contributed by atoms with Crippen LogP contribution >= 0.6 is 15.9 Å². The van der Waals surface area contributed by atoms with Crippen molar-refractivity contribution in [3.63, 3.8) is 0 Å². The lowest BCUT2D eigenvalue weighted by molar-refractivity contribution is -0.118. The van der Waals surface area contributed by atoms with Gasteiger partial charge in [0, 0.05) is 29.7 Å². The molecule has 0 aliphatic carbocycles. The van der Waals surface area contributed by atoms with Crippen molar-refractivity contribution in [2.75, 3.05) is 18.0 Å². The van der Waals surface area contributed by atoms with Crippen molar-refractivity contribution in [2.24, 2.45) is 5.73 Å². The maximum Gasteiger partial charge on any atom is 0.312 e. The number of rotatable bonds is 5. The standard InChI is InChI=1S/C14H18BrN3O2/c15-11-5-4-10-6-8-18(12(10)9-11)13(19)3-1-2-7-17-14(16)20/h4-5,9H,1-3,6-8H2,(H3,16,17,20). The monoisotopic (exact) mass is 339 g/mol. The number of carbonyl (C=O) groups is 2. The van der Waals surface area contributed by atoms with Crippen molar-refractivity contribution in [1.29, 1.82) is 0 Å². The minimum atomic E-state index is -0.519. The largest absolute Gasteiger partial charge is 0.352 e. The molecule has 20 heavy (non-hydrogen) atoms. The number of benzene rings is 1. The zero-order valence-corrected chi connectivity index (χ0v) is 12.8.